The summed E-state index contributed by atoms with van der Waals surface area (Å²) in [6.07, 6.45) is -0.650. The van der Waals surface area contributed by atoms with Gasteiger partial charge in [0.2, 0.25) is 6.79 Å². The van der Waals surface area contributed by atoms with Gasteiger partial charge in [-0.05, 0) is 42.8 Å². The highest BCUT2D eigenvalue weighted by atomic mass is 16.7. The molecular formula is C23H23NO8. The second-order valence-electron chi connectivity index (χ2n) is 7.96. The number of methoxy groups -OCH3 is 1. The fraction of sp³-hybridized carbons (Fsp3) is 0.391. The maximum Gasteiger partial charge on any atom is 0.308 e. The predicted octanol–water partition coefficient (Wildman–Crippen LogP) is 2.23. The minimum Gasteiger partial charge on any atom is -0.487 e. The summed E-state index contributed by atoms with van der Waals surface area (Å²) in [5, 5.41) is 12.7. The maximum absolute atomic E-state index is 12.8. The SMILES string of the molecule is COC(=O)C[C@H]1C[C@@H]2c3cc(NC(=O)c4ccc5c(c4)OCO5)ccc3O[C@@H]2[C@H](CO)O1. The van der Waals surface area contributed by atoms with Crippen molar-refractivity contribution in [3.63, 3.8) is 0 Å². The molecule has 0 radical (unpaired) electrons. The monoisotopic (exact) mass is 441 g/mol. The summed E-state index contributed by atoms with van der Waals surface area (Å²) in [6.45, 7) is -0.0795. The molecule has 1 amide bonds. The first-order chi connectivity index (χ1) is 15.6. The van der Waals surface area contributed by atoms with Crippen molar-refractivity contribution < 1.29 is 38.4 Å². The lowest BCUT2D eigenvalue weighted by molar-refractivity contribution is -0.156. The molecular weight excluding hydrogens is 418 g/mol. The van der Waals surface area contributed by atoms with Crippen molar-refractivity contribution in [3.05, 3.63) is 47.5 Å². The number of ether oxygens (including phenoxy) is 5. The lowest BCUT2D eigenvalue weighted by atomic mass is 9.84. The van der Waals surface area contributed by atoms with E-state index >= 15 is 0 Å². The molecule has 1 fully saturated rings. The normalized spacial score (nSPS) is 24.8. The topological polar surface area (TPSA) is 113 Å². The highest BCUT2D eigenvalue weighted by molar-refractivity contribution is 6.04. The van der Waals surface area contributed by atoms with Crippen molar-refractivity contribution >= 4 is 17.6 Å². The number of rotatable bonds is 5. The van der Waals surface area contributed by atoms with Crippen molar-refractivity contribution in [1.82, 2.24) is 0 Å². The molecule has 3 heterocycles. The Labute approximate surface area is 184 Å². The summed E-state index contributed by atoms with van der Waals surface area (Å²) < 4.78 is 27.3. The second kappa shape index (κ2) is 8.33. The smallest absolute Gasteiger partial charge is 0.308 e. The summed E-state index contributed by atoms with van der Waals surface area (Å²) in [6, 6.07) is 10.5. The van der Waals surface area contributed by atoms with Gasteiger partial charge in [-0.15, -0.1) is 0 Å². The van der Waals surface area contributed by atoms with Crippen molar-refractivity contribution in [1.29, 1.82) is 0 Å². The largest absolute Gasteiger partial charge is 0.487 e. The van der Waals surface area contributed by atoms with Gasteiger partial charge in [0, 0.05) is 22.7 Å². The van der Waals surface area contributed by atoms with Crippen LogP contribution >= 0.6 is 0 Å². The highest BCUT2D eigenvalue weighted by Gasteiger charge is 2.46. The molecule has 0 unspecified atom stereocenters. The third-order valence-corrected chi connectivity index (χ3v) is 6.01. The van der Waals surface area contributed by atoms with E-state index in [1.54, 1.807) is 30.3 Å². The first-order valence-electron chi connectivity index (χ1n) is 10.4. The zero-order chi connectivity index (χ0) is 22.2. The van der Waals surface area contributed by atoms with Gasteiger partial charge >= 0.3 is 5.97 Å². The number of hydrogen-bond acceptors (Lipinski definition) is 8. The maximum atomic E-state index is 12.8. The summed E-state index contributed by atoms with van der Waals surface area (Å²) in [5.41, 5.74) is 1.98. The quantitative estimate of drug-likeness (QED) is 0.680. The molecule has 9 heteroatoms. The van der Waals surface area contributed by atoms with Gasteiger partial charge in [0.1, 0.15) is 18.0 Å². The number of carbonyl (C=O) groups is 2. The highest BCUT2D eigenvalue weighted by Crippen LogP contribution is 2.47. The van der Waals surface area contributed by atoms with Crippen LogP contribution in [-0.2, 0) is 14.3 Å². The van der Waals surface area contributed by atoms with Crippen LogP contribution in [0.5, 0.6) is 17.2 Å². The third-order valence-electron chi connectivity index (χ3n) is 6.01. The van der Waals surface area contributed by atoms with E-state index in [0.29, 0.717) is 34.9 Å². The molecule has 3 aliphatic heterocycles. The van der Waals surface area contributed by atoms with Crippen molar-refractivity contribution in [2.75, 3.05) is 25.8 Å². The van der Waals surface area contributed by atoms with E-state index in [0.717, 1.165) is 5.56 Å². The second-order valence-corrected chi connectivity index (χ2v) is 7.96. The number of benzene rings is 2. The first-order valence-corrected chi connectivity index (χ1v) is 10.4. The van der Waals surface area contributed by atoms with E-state index in [1.807, 2.05) is 6.07 Å². The molecule has 0 saturated carbocycles. The number of nitrogens with one attached hydrogen (secondary N) is 1. The standard InChI is InChI=1S/C23H23NO8/c1-28-21(26)9-14-8-16-15-7-13(3-5-17(15)32-22(16)20(10-25)31-14)24-23(27)12-2-4-18-19(6-12)30-11-29-18/h2-7,14,16,20,22,25H,8-11H2,1H3,(H,24,27)/t14-,16-,20+,22+/m1/s1. The van der Waals surface area contributed by atoms with Gasteiger partial charge in [-0.2, -0.15) is 0 Å². The van der Waals surface area contributed by atoms with Gasteiger partial charge in [0.05, 0.1) is 26.2 Å². The average molecular weight is 441 g/mol. The summed E-state index contributed by atoms with van der Waals surface area (Å²) >= 11 is 0. The molecule has 3 aliphatic rings. The number of carbonyl (C=O) groups excluding carboxylic acids is 2. The Morgan fingerprint density at radius 2 is 1.94 bits per heavy atom. The van der Waals surface area contributed by atoms with Crippen LogP contribution in [0, 0.1) is 0 Å². The van der Waals surface area contributed by atoms with Crippen LogP contribution in [0.3, 0.4) is 0 Å². The average Bonchev–Trinajstić information content (AvgIpc) is 3.42. The van der Waals surface area contributed by atoms with E-state index in [4.69, 9.17) is 23.7 Å². The molecule has 168 valence electrons. The molecule has 5 rings (SSSR count). The number of esters is 1. The molecule has 2 aromatic rings. The third kappa shape index (κ3) is 3.74. The van der Waals surface area contributed by atoms with E-state index in [-0.39, 0.29) is 49.8 Å². The van der Waals surface area contributed by atoms with Gasteiger partial charge in [0.25, 0.3) is 5.91 Å². The van der Waals surface area contributed by atoms with Crippen molar-refractivity contribution in [2.45, 2.75) is 37.1 Å². The first kappa shape index (κ1) is 20.6. The zero-order valence-corrected chi connectivity index (χ0v) is 17.4. The van der Waals surface area contributed by atoms with Crippen LogP contribution in [0.4, 0.5) is 5.69 Å². The molecule has 0 bridgehead atoms. The zero-order valence-electron chi connectivity index (χ0n) is 17.4. The number of fused-ring (bicyclic) bond motifs is 4. The van der Waals surface area contributed by atoms with Crippen LogP contribution in [-0.4, -0.2) is 55.8 Å². The van der Waals surface area contributed by atoms with Crippen LogP contribution in [0.15, 0.2) is 36.4 Å². The molecule has 4 atom stereocenters. The van der Waals surface area contributed by atoms with Gasteiger partial charge in [-0.25, -0.2) is 0 Å². The molecule has 1 saturated heterocycles. The Morgan fingerprint density at radius 3 is 2.75 bits per heavy atom. The van der Waals surface area contributed by atoms with E-state index in [2.05, 4.69) is 5.32 Å². The van der Waals surface area contributed by atoms with Crippen LogP contribution in [0.25, 0.3) is 0 Å². The van der Waals surface area contributed by atoms with Gasteiger partial charge in [0.15, 0.2) is 11.5 Å². The lowest BCUT2D eigenvalue weighted by Gasteiger charge is -2.36. The number of aliphatic hydroxyl groups is 1. The Balaban J connectivity index is 1.35. The Kier molecular flexibility index (Phi) is 5.36. The Bertz CT molecular complexity index is 1050. The van der Waals surface area contributed by atoms with Gasteiger partial charge < -0.3 is 34.1 Å². The number of aliphatic hydroxyl groups excluding tert-OH is 1. The number of anilines is 1. The minimum atomic E-state index is -0.553. The minimum absolute atomic E-state index is 0.0760. The summed E-state index contributed by atoms with van der Waals surface area (Å²) in [4.78, 5) is 24.5. The number of amides is 1. The Hall–Kier alpha value is -3.30. The van der Waals surface area contributed by atoms with Crippen molar-refractivity contribution in [3.8, 4) is 17.2 Å². The Morgan fingerprint density at radius 1 is 1.12 bits per heavy atom. The van der Waals surface area contributed by atoms with E-state index < -0.39 is 6.10 Å². The van der Waals surface area contributed by atoms with Crippen molar-refractivity contribution in [2.24, 2.45) is 0 Å². The molecule has 0 aliphatic carbocycles. The van der Waals surface area contributed by atoms with Gasteiger partial charge in [-0.3, -0.25) is 9.59 Å². The summed E-state index contributed by atoms with van der Waals surface area (Å²) in [7, 11) is 1.33. The molecule has 2 aromatic carbocycles. The predicted molar refractivity (Wildman–Crippen MR) is 111 cm³/mol. The van der Waals surface area contributed by atoms with E-state index in [9.17, 15) is 14.7 Å². The fourth-order valence-electron chi connectivity index (χ4n) is 4.48. The van der Waals surface area contributed by atoms with Crippen LogP contribution in [0.1, 0.15) is 34.7 Å². The molecule has 9 nitrogen and oxygen atoms in total. The number of hydrogen-bond donors (Lipinski definition) is 2. The molecule has 2 N–H and O–H groups in total. The molecule has 0 spiro atoms. The lowest BCUT2D eigenvalue weighted by Crippen LogP contribution is -2.46. The van der Waals surface area contributed by atoms with Crippen LogP contribution in [0.2, 0.25) is 0 Å². The molecule has 0 aromatic heterocycles. The molecule has 32 heavy (non-hydrogen) atoms. The van der Waals surface area contributed by atoms with Crippen LogP contribution < -0.4 is 19.5 Å². The van der Waals surface area contributed by atoms with Gasteiger partial charge in [-0.1, -0.05) is 0 Å². The fourth-order valence-corrected chi connectivity index (χ4v) is 4.48. The van der Waals surface area contributed by atoms with E-state index in [1.165, 1.54) is 7.11 Å². The summed E-state index contributed by atoms with van der Waals surface area (Å²) in [5.74, 6) is 1.12.